The Morgan fingerprint density at radius 3 is 2.88 bits per heavy atom. The number of ether oxygens (including phenoxy) is 3. The van der Waals surface area contributed by atoms with E-state index in [1.54, 1.807) is 0 Å². The fourth-order valence-electron chi connectivity index (χ4n) is 2.10. The van der Waals surface area contributed by atoms with Gasteiger partial charge in [0.2, 0.25) is 0 Å². The largest absolute Gasteiger partial charge is 0.457 e. The molecule has 4 heteroatoms. The van der Waals surface area contributed by atoms with Gasteiger partial charge in [0.25, 0.3) is 0 Å². The highest BCUT2D eigenvalue weighted by Gasteiger charge is 2.36. The second-order valence-corrected chi connectivity index (χ2v) is 5.14. The Labute approximate surface area is 96.2 Å². The molecule has 0 saturated carbocycles. The Bertz CT molecular complexity index is 262. The van der Waals surface area contributed by atoms with Crippen molar-refractivity contribution in [1.82, 2.24) is 0 Å². The van der Waals surface area contributed by atoms with E-state index in [1.165, 1.54) is 0 Å². The van der Waals surface area contributed by atoms with Crippen molar-refractivity contribution in [3.8, 4) is 0 Å². The molecule has 2 rings (SSSR count). The molecule has 2 fully saturated rings. The van der Waals surface area contributed by atoms with Crippen LogP contribution in [-0.2, 0) is 19.0 Å². The van der Waals surface area contributed by atoms with Crippen molar-refractivity contribution in [3.63, 3.8) is 0 Å². The van der Waals surface area contributed by atoms with E-state index in [4.69, 9.17) is 14.2 Å². The Morgan fingerprint density at radius 2 is 2.12 bits per heavy atom. The zero-order valence-electron chi connectivity index (χ0n) is 10.0. The summed E-state index contributed by atoms with van der Waals surface area (Å²) in [7, 11) is 0. The quantitative estimate of drug-likeness (QED) is 0.644. The minimum Gasteiger partial charge on any atom is -0.457 e. The van der Waals surface area contributed by atoms with Crippen LogP contribution in [0.2, 0.25) is 0 Å². The average molecular weight is 228 g/mol. The molecule has 0 spiro atoms. The zero-order chi connectivity index (χ0) is 11.6. The topological polar surface area (TPSA) is 44.8 Å². The van der Waals surface area contributed by atoms with Gasteiger partial charge in [-0.25, -0.2) is 0 Å². The highest BCUT2D eigenvalue weighted by molar-refractivity contribution is 5.69. The van der Waals surface area contributed by atoms with Gasteiger partial charge in [-0.2, -0.15) is 0 Å². The molecule has 0 radical (unpaired) electrons. The third-order valence-electron chi connectivity index (χ3n) is 3.13. The molecule has 16 heavy (non-hydrogen) atoms. The van der Waals surface area contributed by atoms with Crippen LogP contribution in [0, 0.1) is 0 Å². The predicted molar refractivity (Wildman–Crippen MR) is 57.9 cm³/mol. The lowest BCUT2D eigenvalue weighted by atomic mass is 10.0. The van der Waals surface area contributed by atoms with Crippen molar-refractivity contribution in [1.29, 1.82) is 0 Å². The molecule has 4 nitrogen and oxygen atoms in total. The van der Waals surface area contributed by atoms with E-state index in [9.17, 15) is 4.79 Å². The van der Waals surface area contributed by atoms with E-state index in [-0.39, 0.29) is 24.0 Å². The van der Waals surface area contributed by atoms with Crippen molar-refractivity contribution in [2.75, 3.05) is 6.61 Å². The number of rotatable bonds is 1. The molecule has 2 saturated heterocycles. The fraction of sp³-hybridized carbons (Fsp3) is 0.917. The van der Waals surface area contributed by atoms with Crippen LogP contribution in [0.25, 0.3) is 0 Å². The molecule has 0 aromatic heterocycles. The lowest BCUT2D eigenvalue weighted by molar-refractivity contribution is -0.280. The van der Waals surface area contributed by atoms with Crippen LogP contribution in [0.15, 0.2) is 0 Å². The summed E-state index contributed by atoms with van der Waals surface area (Å²) in [4.78, 5) is 11.4. The molecule has 0 bridgehead atoms. The summed E-state index contributed by atoms with van der Waals surface area (Å²) in [6.07, 6.45) is 3.54. The Morgan fingerprint density at radius 1 is 1.31 bits per heavy atom. The summed E-state index contributed by atoms with van der Waals surface area (Å²) in [6.45, 7) is 4.76. The Kier molecular flexibility index (Phi) is 3.50. The molecule has 2 heterocycles. The normalized spacial score (nSPS) is 35.2. The first kappa shape index (κ1) is 11.9. The maximum atomic E-state index is 11.4. The lowest BCUT2D eigenvalue weighted by Gasteiger charge is -2.38. The van der Waals surface area contributed by atoms with Crippen molar-refractivity contribution < 1.29 is 19.0 Å². The maximum Gasteiger partial charge on any atom is 0.306 e. The van der Waals surface area contributed by atoms with Crippen LogP contribution >= 0.6 is 0 Å². The van der Waals surface area contributed by atoms with Gasteiger partial charge in [-0.05, 0) is 39.5 Å². The number of esters is 1. The molecule has 0 amide bonds. The molecular formula is C12H20O4. The van der Waals surface area contributed by atoms with Crippen LogP contribution in [-0.4, -0.2) is 30.6 Å². The minimum absolute atomic E-state index is 0.127. The lowest BCUT2D eigenvalue weighted by Crippen LogP contribution is -2.46. The summed E-state index contributed by atoms with van der Waals surface area (Å²) >= 11 is 0. The fourth-order valence-corrected chi connectivity index (χ4v) is 2.10. The van der Waals surface area contributed by atoms with E-state index in [0.29, 0.717) is 13.0 Å². The second kappa shape index (κ2) is 4.72. The van der Waals surface area contributed by atoms with Gasteiger partial charge < -0.3 is 14.2 Å². The molecule has 2 atom stereocenters. The Balaban J connectivity index is 1.97. The van der Waals surface area contributed by atoms with Gasteiger partial charge in [-0.15, -0.1) is 0 Å². The van der Waals surface area contributed by atoms with Gasteiger partial charge in [0.05, 0.1) is 12.2 Å². The molecule has 0 aromatic rings. The summed E-state index contributed by atoms with van der Waals surface area (Å²) in [6, 6.07) is 0. The first-order chi connectivity index (χ1) is 7.57. The van der Waals surface area contributed by atoms with E-state index in [1.807, 2.05) is 13.8 Å². The molecule has 92 valence electrons. The number of cyclic esters (lactones) is 1. The second-order valence-electron chi connectivity index (χ2n) is 5.14. The van der Waals surface area contributed by atoms with Crippen LogP contribution in [0.5, 0.6) is 0 Å². The first-order valence-corrected chi connectivity index (χ1v) is 6.06. The predicted octanol–water partition coefficient (Wildman–Crippen LogP) is 2.01. The van der Waals surface area contributed by atoms with Gasteiger partial charge in [0.15, 0.2) is 12.4 Å². The van der Waals surface area contributed by atoms with E-state index in [0.717, 1.165) is 25.7 Å². The average Bonchev–Trinajstić information content (AvgIpc) is 2.41. The van der Waals surface area contributed by atoms with Gasteiger partial charge >= 0.3 is 5.97 Å². The van der Waals surface area contributed by atoms with Crippen molar-refractivity contribution in [3.05, 3.63) is 0 Å². The van der Waals surface area contributed by atoms with Gasteiger partial charge in [0, 0.05) is 6.42 Å². The highest BCUT2D eigenvalue weighted by atomic mass is 16.7. The molecule has 0 aromatic carbocycles. The van der Waals surface area contributed by atoms with Crippen molar-refractivity contribution >= 4 is 5.97 Å². The highest BCUT2D eigenvalue weighted by Crippen LogP contribution is 2.28. The molecule has 0 N–H and O–H groups in total. The Hall–Kier alpha value is -0.610. The van der Waals surface area contributed by atoms with Crippen LogP contribution in [0.1, 0.15) is 46.0 Å². The van der Waals surface area contributed by atoms with E-state index < -0.39 is 0 Å². The minimum atomic E-state index is -0.384. The van der Waals surface area contributed by atoms with Crippen LogP contribution < -0.4 is 0 Å². The zero-order valence-corrected chi connectivity index (χ0v) is 10.0. The maximum absolute atomic E-state index is 11.4. The third-order valence-corrected chi connectivity index (χ3v) is 3.13. The van der Waals surface area contributed by atoms with E-state index >= 15 is 0 Å². The number of carbonyl (C=O) groups excluding carboxylic acids is 1. The van der Waals surface area contributed by atoms with E-state index in [2.05, 4.69) is 0 Å². The summed E-state index contributed by atoms with van der Waals surface area (Å²) in [5, 5.41) is 0. The third kappa shape index (κ3) is 2.95. The number of carbonyl (C=O) groups is 1. The molecule has 2 aliphatic rings. The van der Waals surface area contributed by atoms with Crippen molar-refractivity contribution in [2.24, 2.45) is 0 Å². The summed E-state index contributed by atoms with van der Waals surface area (Å²) in [5.74, 6) is -0.127. The molecule has 2 aliphatic heterocycles. The van der Waals surface area contributed by atoms with Crippen LogP contribution in [0.3, 0.4) is 0 Å². The monoisotopic (exact) mass is 228 g/mol. The number of hydrogen-bond acceptors (Lipinski definition) is 4. The molecule has 2 unspecified atom stereocenters. The van der Waals surface area contributed by atoms with Gasteiger partial charge in [-0.1, -0.05) is 0 Å². The molecular weight excluding hydrogens is 208 g/mol. The summed E-state index contributed by atoms with van der Waals surface area (Å²) < 4.78 is 16.7. The first-order valence-electron chi connectivity index (χ1n) is 6.06. The van der Waals surface area contributed by atoms with Gasteiger partial charge in [0.1, 0.15) is 0 Å². The number of hydrogen-bond donors (Lipinski definition) is 0. The molecule has 0 aliphatic carbocycles. The summed E-state index contributed by atoms with van der Waals surface area (Å²) in [5.41, 5.74) is -0.179. The van der Waals surface area contributed by atoms with Crippen molar-refractivity contribution in [2.45, 2.75) is 63.9 Å². The SMILES string of the molecule is CC1(C)CCOC(C2CCCCC(=O)O2)O1. The van der Waals surface area contributed by atoms with Crippen LogP contribution in [0.4, 0.5) is 0 Å². The standard InChI is InChI=1S/C12H20O4/c1-12(2)7-8-14-11(16-12)9-5-3-4-6-10(13)15-9/h9,11H,3-8H2,1-2H3. The van der Waals surface area contributed by atoms with Gasteiger partial charge in [-0.3, -0.25) is 4.79 Å². The smallest absolute Gasteiger partial charge is 0.306 e.